The highest BCUT2D eigenvalue weighted by molar-refractivity contribution is 7.99. The van der Waals surface area contributed by atoms with Gasteiger partial charge in [0.1, 0.15) is 5.69 Å². The summed E-state index contributed by atoms with van der Waals surface area (Å²) in [5.74, 6) is -2.43. The maximum Gasteiger partial charge on any atom is 0.277 e. The number of nitrogens with one attached hydrogen (secondary N) is 2. The van der Waals surface area contributed by atoms with Gasteiger partial charge in [-0.25, -0.2) is 13.8 Å². The van der Waals surface area contributed by atoms with E-state index in [1.807, 2.05) is 6.92 Å². The second kappa shape index (κ2) is 7.23. The highest BCUT2D eigenvalue weighted by Crippen LogP contribution is 2.18. The molecule has 0 bridgehead atoms. The topological polar surface area (TPSA) is 101 Å². The molecule has 1 aromatic carbocycles. The number of nitrogens with zero attached hydrogens (tertiary/aromatic N) is 1. The molecule has 0 saturated carbocycles. The highest BCUT2D eigenvalue weighted by atomic mass is 32.2. The lowest BCUT2D eigenvalue weighted by atomic mass is 10.2. The third kappa shape index (κ3) is 4.07. The molecule has 9 heteroatoms. The van der Waals surface area contributed by atoms with Gasteiger partial charge in [-0.15, -0.1) is 0 Å². The van der Waals surface area contributed by atoms with E-state index in [4.69, 9.17) is 5.73 Å². The van der Waals surface area contributed by atoms with Crippen LogP contribution in [0.3, 0.4) is 0 Å². The number of anilines is 2. The molecular formula is C14H14F2N4O2S. The molecule has 2 aromatic rings. The summed E-state index contributed by atoms with van der Waals surface area (Å²) in [5, 5.41) is 2.60. The van der Waals surface area contributed by atoms with Gasteiger partial charge < -0.3 is 11.1 Å². The van der Waals surface area contributed by atoms with Crippen LogP contribution in [0.25, 0.3) is 0 Å². The first-order valence-electron chi connectivity index (χ1n) is 6.71. The number of aromatic nitrogens is 2. The molecule has 1 aromatic heterocycles. The van der Waals surface area contributed by atoms with Gasteiger partial charge in [0.15, 0.2) is 22.6 Å². The van der Waals surface area contributed by atoms with Crippen LogP contribution in [0.15, 0.2) is 28.2 Å². The van der Waals surface area contributed by atoms with Crippen molar-refractivity contribution in [2.45, 2.75) is 18.5 Å². The van der Waals surface area contributed by atoms with Crippen molar-refractivity contribution in [3.63, 3.8) is 0 Å². The number of thioether (sulfide) groups is 1. The Bertz CT molecular complexity index is 795. The number of carbonyl (C=O) groups excluding carboxylic acids is 1. The molecule has 1 amide bonds. The van der Waals surface area contributed by atoms with Crippen molar-refractivity contribution >= 4 is 29.2 Å². The van der Waals surface area contributed by atoms with Crippen molar-refractivity contribution in [2.75, 3.05) is 16.8 Å². The number of hydrogen-bond acceptors (Lipinski definition) is 5. The van der Waals surface area contributed by atoms with Gasteiger partial charge in [-0.2, -0.15) is 0 Å². The molecule has 2 rings (SSSR count). The van der Waals surface area contributed by atoms with E-state index in [2.05, 4.69) is 15.3 Å². The van der Waals surface area contributed by atoms with E-state index < -0.39 is 23.1 Å². The molecule has 0 aliphatic rings. The monoisotopic (exact) mass is 340 g/mol. The Hall–Kier alpha value is -2.42. The van der Waals surface area contributed by atoms with Crippen LogP contribution < -0.4 is 16.6 Å². The number of carbonyl (C=O) groups is 1. The molecular weight excluding hydrogens is 326 g/mol. The van der Waals surface area contributed by atoms with Gasteiger partial charge >= 0.3 is 0 Å². The van der Waals surface area contributed by atoms with Crippen LogP contribution >= 0.6 is 11.8 Å². The number of rotatable bonds is 5. The summed E-state index contributed by atoms with van der Waals surface area (Å²) in [6.07, 6.45) is 0.892. The normalized spacial score (nSPS) is 10.6. The van der Waals surface area contributed by atoms with Gasteiger partial charge in [0.05, 0.1) is 0 Å². The molecule has 0 atom stereocenters. The largest absolute Gasteiger partial charge is 0.382 e. The smallest absolute Gasteiger partial charge is 0.277 e. The second-order valence-electron chi connectivity index (χ2n) is 4.56. The standard InChI is InChI=1S/C14H14F2N4O2S/c1-2-5-23-14-19-11(17)10(13(22)20-14)18-12(21)7-3-4-8(15)9(16)6-7/h3-4,6H,2,5H2,1H3,(H,18,21)(H3,17,19,20,22). The fraction of sp³-hybridized carbons (Fsp3) is 0.214. The Morgan fingerprint density at radius 1 is 1.39 bits per heavy atom. The molecule has 0 aliphatic heterocycles. The van der Waals surface area contributed by atoms with Crippen molar-refractivity contribution < 1.29 is 13.6 Å². The molecule has 1 heterocycles. The van der Waals surface area contributed by atoms with Crippen LogP contribution in [0.4, 0.5) is 20.3 Å². The van der Waals surface area contributed by atoms with Crippen LogP contribution in [0.2, 0.25) is 0 Å². The summed E-state index contributed by atoms with van der Waals surface area (Å²) in [6, 6.07) is 2.64. The fourth-order valence-electron chi connectivity index (χ4n) is 1.68. The van der Waals surface area contributed by atoms with E-state index in [1.54, 1.807) is 0 Å². The van der Waals surface area contributed by atoms with Gasteiger partial charge in [0, 0.05) is 11.3 Å². The number of nitrogen functional groups attached to an aromatic ring is 1. The minimum atomic E-state index is -1.16. The number of H-pyrrole nitrogens is 1. The van der Waals surface area contributed by atoms with Crippen LogP contribution in [0, 0.1) is 11.6 Å². The first kappa shape index (κ1) is 16.9. The van der Waals surface area contributed by atoms with Crippen LogP contribution in [0.1, 0.15) is 23.7 Å². The maximum absolute atomic E-state index is 13.1. The molecule has 0 fully saturated rings. The quantitative estimate of drug-likeness (QED) is 0.573. The Morgan fingerprint density at radius 3 is 2.74 bits per heavy atom. The van der Waals surface area contributed by atoms with Gasteiger partial charge in [0.2, 0.25) is 0 Å². The summed E-state index contributed by atoms with van der Waals surface area (Å²) >= 11 is 1.33. The summed E-state index contributed by atoms with van der Waals surface area (Å²) in [7, 11) is 0. The minimum absolute atomic E-state index is 0.146. The lowest BCUT2D eigenvalue weighted by molar-refractivity contribution is 0.102. The van der Waals surface area contributed by atoms with E-state index >= 15 is 0 Å². The number of benzene rings is 1. The van der Waals surface area contributed by atoms with Gasteiger partial charge in [-0.1, -0.05) is 18.7 Å². The van der Waals surface area contributed by atoms with Gasteiger partial charge in [-0.05, 0) is 24.6 Å². The number of aromatic amines is 1. The van der Waals surface area contributed by atoms with Crippen molar-refractivity contribution in [1.29, 1.82) is 0 Å². The number of hydrogen-bond donors (Lipinski definition) is 3. The zero-order chi connectivity index (χ0) is 17.0. The lowest BCUT2D eigenvalue weighted by Gasteiger charge is -2.08. The molecule has 4 N–H and O–H groups in total. The predicted molar refractivity (Wildman–Crippen MR) is 84.6 cm³/mol. The zero-order valence-corrected chi connectivity index (χ0v) is 13.0. The molecule has 0 unspecified atom stereocenters. The van der Waals surface area contributed by atoms with E-state index in [0.29, 0.717) is 5.16 Å². The maximum atomic E-state index is 13.1. The summed E-state index contributed by atoms with van der Waals surface area (Å²) in [6.45, 7) is 1.98. The van der Waals surface area contributed by atoms with Crippen molar-refractivity contribution in [3.05, 3.63) is 45.8 Å². The van der Waals surface area contributed by atoms with Crippen molar-refractivity contribution in [1.82, 2.24) is 9.97 Å². The van der Waals surface area contributed by atoms with Gasteiger partial charge in [-0.3, -0.25) is 14.6 Å². The molecule has 122 valence electrons. The third-order valence-corrected chi connectivity index (χ3v) is 3.87. The molecule has 0 spiro atoms. The van der Waals surface area contributed by atoms with Gasteiger partial charge in [0.25, 0.3) is 11.5 Å². The predicted octanol–water partition coefficient (Wildman–Crippen LogP) is 2.38. The Morgan fingerprint density at radius 2 is 2.13 bits per heavy atom. The van der Waals surface area contributed by atoms with E-state index in [9.17, 15) is 18.4 Å². The number of amides is 1. The summed E-state index contributed by atoms with van der Waals surface area (Å²) in [5.41, 5.74) is 4.68. The SMILES string of the molecule is CCCSc1nc(N)c(NC(=O)c2ccc(F)c(F)c2)c(=O)[nH]1. The second-order valence-corrected chi connectivity index (χ2v) is 5.65. The summed E-state index contributed by atoms with van der Waals surface area (Å²) in [4.78, 5) is 30.5. The van der Waals surface area contributed by atoms with Crippen molar-refractivity contribution in [2.24, 2.45) is 0 Å². The average molecular weight is 340 g/mol. The third-order valence-electron chi connectivity index (χ3n) is 2.79. The number of nitrogens with two attached hydrogens (primary N) is 1. The van der Waals surface area contributed by atoms with E-state index in [0.717, 1.165) is 30.4 Å². The van der Waals surface area contributed by atoms with Crippen molar-refractivity contribution in [3.8, 4) is 0 Å². The van der Waals surface area contributed by atoms with E-state index in [1.165, 1.54) is 11.8 Å². The first-order valence-corrected chi connectivity index (χ1v) is 7.70. The molecule has 0 aliphatic carbocycles. The Balaban J connectivity index is 2.23. The molecule has 6 nitrogen and oxygen atoms in total. The summed E-state index contributed by atoms with van der Waals surface area (Å²) < 4.78 is 26.0. The molecule has 0 radical (unpaired) electrons. The first-order chi connectivity index (χ1) is 10.9. The molecule has 23 heavy (non-hydrogen) atoms. The molecule has 0 saturated heterocycles. The van der Waals surface area contributed by atoms with Crippen LogP contribution in [-0.2, 0) is 0 Å². The van der Waals surface area contributed by atoms with Crippen LogP contribution in [-0.4, -0.2) is 21.6 Å². The average Bonchev–Trinajstić information content (AvgIpc) is 2.51. The minimum Gasteiger partial charge on any atom is -0.382 e. The lowest BCUT2D eigenvalue weighted by Crippen LogP contribution is -2.23. The Labute approximate surface area is 134 Å². The van der Waals surface area contributed by atoms with Crippen LogP contribution in [0.5, 0.6) is 0 Å². The Kier molecular flexibility index (Phi) is 5.32. The zero-order valence-electron chi connectivity index (χ0n) is 12.2. The fourth-order valence-corrected chi connectivity index (χ4v) is 2.41. The number of halogens is 2. The van der Waals surface area contributed by atoms with E-state index in [-0.39, 0.29) is 17.1 Å². The highest BCUT2D eigenvalue weighted by Gasteiger charge is 2.15.